The van der Waals surface area contributed by atoms with E-state index in [0.29, 0.717) is 16.7 Å². The molecule has 0 bridgehead atoms. The van der Waals surface area contributed by atoms with Crippen LogP contribution in [-0.4, -0.2) is 52.9 Å². The van der Waals surface area contributed by atoms with Crippen molar-refractivity contribution in [1.29, 1.82) is 0 Å². The van der Waals surface area contributed by atoms with Crippen molar-refractivity contribution in [3.05, 3.63) is 40.4 Å². The van der Waals surface area contributed by atoms with E-state index in [0.717, 1.165) is 26.2 Å². The van der Waals surface area contributed by atoms with Crippen molar-refractivity contribution in [2.75, 3.05) is 38.2 Å². The second-order valence-electron chi connectivity index (χ2n) is 5.54. The van der Waals surface area contributed by atoms with Gasteiger partial charge in [0.25, 0.3) is 5.56 Å². The van der Waals surface area contributed by atoms with Gasteiger partial charge in [-0.1, -0.05) is 12.1 Å². The van der Waals surface area contributed by atoms with E-state index in [1.165, 1.54) is 0 Å². The van der Waals surface area contributed by atoms with E-state index in [2.05, 4.69) is 16.9 Å². The van der Waals surface area contributed by atoms with Crippen molar-refractivity contribution in [2.24, 2.45) is 0 Å². The van der Waals surface area contributed by atoms with Gasteiger partial charge in [0.2, 0.25) is 0 Å². The molecule has 1 fully saturated rings. The summed E-state index contributed by atoms with van der Waals surface area (Å²) in [5, 5.41) is 12.6. The fourth-order valence-corrected chi connectivity index (χ4v) is 2.68. The summed E-state index contributed by atoms with van der Waals surface area (Å²) in [4.78, 5) is 19.5. The Morgan fingerprint density at radius 3 is 2.45 bits per heavy atom. The summed E-state index contributed by atoms with van der Waals surface area (Å²) in [6.07, 6.45) is -0.790. The Hall–Kier alpha value is -0.478. The average molecular weight is 515 g/mol. The van der Waals surface area contributed by atoms with Crippen molar-refractivity contribution in [1.82, 2.24) is 14.6 Å². The van der Waals surface area contributed by atoms with Gasteiger partial charge in [-0.3, -0.25) is 4.79 Å². The number of likely N-dealkylation sites (N-methyl/N-ethyl adjacent to an activating group) is 1. The van der Waals surface area contributed by atoms with Crippen molar-refractivity contribution in [3.8, 4) is 0 Å². The summed E-state index contributed by atoms with van der Waals surface area (Å²) in [5.41, 5.74) is 0.518. The van der Waals surface area contributed by atoms with E-state index in [4.69, 9.17) is 0 Å². The Morgan fingerprint density at radius 2 is 1.82 bits per heavy atom. The van der Waals surface area contributed by atoms with E-state index >= 15 is 0 Å². The van der Waals surface area contributed by atoms with Crippen molar-refractivity contribution < 1.29 is 49.2 Å². The van der Waals surface area contributed by atoms with Gasteiger partial charge >= 0.3 is 0 Å². The molecular weight excluding hydrogens is 495 g/mol. The molecule has 6 nitrogen and oxygen atoms in total. The molecular formula is C15H20AcN4O2. The van der Waals surface area contributed by atoms with Gasteiger partial charge in [0.05, 0.1) is 10.9 Å². The van der Waals surface area contributed by atoms with Crippen molar-refractivity contribution in [3.63, 3.8) is 0 Å². The molecule has 0 spiro atoms. The molecule has 0 unspecified atom stereocenters. The average Bonchev–Trinajstić information content (AvgIpc) is 2.48. The fraction of sp³-hybridized carbons (Fsp3) is 0.467. The molecule has 0 saturated carbocycles. The summed E-state index contributed by atoms with van der Waals surface area (Å²) in [7, 11) is 2.06. The Kier molecular flexibility index (Phi) is 6.01. The predicted octanol–water partition coefficient (Wildman–Crippen LogP) is 0.333. The zero-order chi connectivity index (χ0) is 15.0. The van der Waals surface area contributed by atoms with Crippen LogP contribution in [-0.2, 0) is 0 Å². The van der Waals surface area contributed by atoms with E-state index in [1.807, 2.05) is 17.1 Å². The predicted molar refractivity (Wildman–Crippen MR) is 82.1 cm³/mol. The maximum Gasteiger partial charge on any atom is 0.280 e. The molecule has 2 heterocycles. The number of para-hydroxylation sites is 1. The molecule has 1 aliphatic rings. The van der Waals surface area contributed by atoms with E-state index < -0.39 is 6.10 Å². The summed E-state index contributed by atoms with van der Waals surface area (Å²) in [5.74, 6) is 0.406. The van der Waals surface area contributed by atoms with Crippen LogP contribution in [0.2, 0.25) is 0 Å². The third-order valence-corrected chi connectivity index (χ3v) is 3.92. The molecule has 1 radical (unpaired) electrons. The molecule has 115 valence electrons. The van der Waals surface area contributed by atoms with E-state index in [-0.39, 0.29) is 49.6 Å². The van der Waals surface area contributed by atoms with Crippen molar-refractivity contribution >= 4 is 10.9 Å². The van der Waals surface area contributed by atoms with Crippen LogP contribution in [0.5, 0.6) is 0 Å². The van der Waals surface area contributed by atoms with Crippen LogP contribution in [0.15, 0.2) is 29.1 Å². The number of benzene rings is 1. The number of aliphatic hydroxyl groups is 1. The van der Waals surface area contributed by atoms with Gasteiger partial charge in [-0.25, -0.2) is 9.66 Å². The Labute approximate surface area is 165 Å². The normalized spacial score (nSPS) is 17.3. The summed E-state index contributed by atoms with van der Waals surface area (Å²) in [6.45, 7) is 4.91. The quantitative estimate of drug-likeness (QED) is 0.626. The number of aromatic nitrogens is 2. The van der Waals surface area contributed by atoms with Gasteiger partial charge in [-0.2, -0.15) is 0 Å². The van der Waals surface area contributed by atoms with E-state index in [9.17, 15) is 9.90 Å². The molecule has 7 heteroatoms. The molecule has 0 amide bonds. The third-order valence-electron chi connectivity index (χ3n) is 3.92. The minimum atomic E-state index is -0.790. The smallest absolute Gasteiger partial charge is 0.280 e. The van der Waals surface area contributed by atoms with Gasteiger partial charge in [-0.15, -0.1) is 0 Å². The summed E-state index contributed by atoms with van der Waals surface area (Å²) < 4.78 is 1.56. The number of fused-ring (bicyclic) bond motifs is 1. The number of nitrogens with zero attached hydrogens (tertiary/aromatic N) is 4. The van der Waals surface area contributed by atoms with Crippen LogP contribution >= 0.6 is 0 Å². The second kappa shape index (κ2) is 7.39. The number of piperazine rings is 1. The van der Waals surface area contributed by atoms with Crippen LogP contribution in [0, 0.1) is 44.1 Å². The second-order valence-corrected chi connectivity index (χ2v) is 5.54. The molecule has 1 aromatic heterocycles. The first kappa shape index (κ1) is 17.9. The zero-order valence-corrected chi connectivity index (χ0v) is 17.7. The Morgan fingerprint density at radius 1 is 1.18 bits per heavy atom. The molecule has 1 aliphatic heterocycles. The van der Waals surface area contributed by atoms with Crippen LogP contribution < -0.4 is 10.6 Å². The first-order chi connectivity index (χ1) is 10.1. The first-order valence-electron chi connectivity index (χ1n) is 7.21. The molecule has 22 heavy (non-hydrogen) atoms. The van der Waals surface area contributed by atoms with E-state index in [1.54, 1.807) is 23.7 Å². The van der Waals surface area contributed by atoms with Crippen LogP contribution in [0.25, 0.3) is 10.9 Å². The Bertz CT molecular complexity index is 708. The maximum atomic E-state index is 12.8. The third kappa shape index (κ3) is 3.38. The van der Waals surface area contributed by atoms with Gasteiger partial charge in [0, 0.05) is 70.2 Å². The monoisotopic (exact) mass is 515 g/mol. The standard InChI is InChI=1S/C15H20N4O2.Ac/c1-11(20)14-16-13-6-4-3-5-12(13)15(21)19(14)18-9-7-17(2)8-10-18;/h3-6,11,20H,7-10H2,1-2H3;/t11-;/m1./s1. The summed E-state index contributed by atoms with van der Waals surface area (Å²) >= 11 is 0. The molecule has 1 atom stereocenters. The van der Waals surface area contributed by atoms with Gasteiger partial charge in [0.1, 0.15) is 6.10 Å². The Balaban J connectivity index is 0.00000176. The van der Waals surface area contributed by atoms with Gasteiger partial charge in [0.15, 0.2) is 5.82 Å². The summed E-state index contributed by atoms with van der Waals surface area (Å²) in [6, 6.07) is 7.27. The molecule has 1 saturated heterocycles. The number of hydrogen-bond acceptors (Lipinski definition) is 5. The fourth-order valence-electron chi connectivity index (χ4n) is 2.68. The van der Waals surface area contributed by atoms with Crippen molar-refractivity contribution in [2.45, 2.75) is 13.0 Å². The largest absolute Gasteiger partial charge is 0.385 e. The number of aliphatic hydroxyl groups excluding tert-OH is 1. The topological polar surface area (TPSA) is 61.6 Å². The molecule has 3 rings (SSSR count). The SMILES string of the molecule is C[C@@H](O)c1nc2ccccc2c(=O)n1N1CCN(C)CC1.[Ac]. The maximum absolute atomic E-state index is 12.8. The molecule has 2 aromatic rings. The van der Waals surface area contributed by atoms with Gasteiger partial charge < -0.3 is 15.0 Å². The number of hydrogen-bond donors (Lipinski definition) is 1. The molecule has 1 N–H and O–H groups in total. The van der Waals surface area contributed by atoms with Crippen LogP contribution in [0.1, 0.15) is 18.9 Å². The first-order valence-corrected chi connectivity index (χ1v) is 7.21. The number of rotatable bonds is 2. The van der Waals surface area contributed by atoms with Crippen LogP contribution in [0.3, 0.4) is 0 Å². The minimum Gasteiger partial charge on any atom is -0.385 e. The zero-order valence-electron chi connectivity index (χ0n) is 12.9. The minimum absolute atomic E-state index is 0. The van der Waals surface area contributed by atoms with Gasteiger partial charge in [-0.05, 0) is 26.1 Å². The molecule has 0 aliphatic carbocycles. The molecule has 1 aromatic carbocycles. The van der Waals surface area contributed by atoms with Crippen LogP contribution in [0.4, 0.5) is 0 Å².